The van der Waals surface area contributed by atoms with Crippen molar-refractivity contribution < 1.29 is 13.9 Å². The molecule has 0 radical (unpaired) electrons. The molecule has 0 unspecified atom stereocenters. The van der Waals surface area contributed by atoms with Gasteiger partial charge in [0.2, 0.25) is 0 Å². The quantitative estimate of drug-likeness (QED) is 0.274. The Bertz CT molecular complexity index is 891. The Labute approximate surface area is 190 Å². The van der Waals surface area contributed by atoms with Crippen LogP contribution in [-0.2, 0) is 9.53 Å². The second kappa shape index (κ2) is 12.2. The van der Waals surface area contributed by atoms with Crippen LogP contribution < -0.4 is 0 Å². The smallest absolute Gasteiger partial charge is 0.309 e. The zero-order chi connectivity index (χ0) is 22.8. The van der Waals surface area contributed by atoms with Gasteiger partial charge in [-0.25, -0.2) is 0 Å². The third-order valence-electron chi connectivity index (χ3n) is 6.88. The molecule has 0 spiro atoms. The molecule has 0 bridgehead atoms. The van der Waals surface area contributed by atoms with Gasteiger partial charge < -0.3 is 4.74 Å². The fourth-order valence-electron chi connectivity index (χ4n) is 4.91. The van der Waals surface area contributed by atoms with Gasteiger partial charge in [-0.3, -0.25) is 4.79 Å². The topological polar surface area (TPSA) is 73.9 Å². The van der Waals surface area contributed by atoms with E-state index in [2.05, 4.69) is 6.07 Å². The van der Waals surface area contributed by atoms with E-state index in [1.807, 2.05) is 30.3 Å². The lowest BCUT2D eigenvalue weighted by Gasteiger charge is -2.31. The molecule has 0 aromatic heterocycles. The Kier molecular flexibility index (Phi) is 9.05. The van der Waals surface area contributed by atoms with E-state index >= 15 is 0 Å². The Balaban J connectivity index is 1.34. The van der Waals surface area contributed by atoms with Gasteiger partial charge in [0.25, 0.3) is 0 Å². The van der Waals surface area contributed by atoms with Crippen molar-refractivity contribution in [3.05, 3.63) is 59.4 Å². The van der Waals surface area contributed by atoms with Crippen LogP contribution in [0.3, 0.4) is 0 Å². The van der Waals surface area contributed by atoms with Gasteiger partial charge in [-0.15, -0.1) is 0 Å². The predicted octanol–water partition coefficient (Wildman–Crippen LogP) is 6.65. The largest absolute Gasteiger partial charge is 0.462 e. The van der Waals surface area contributed by atoms with E-state index < -0.39 is 5.83 Å². The third kappa shape index (κ3) is 7.06. The van der Waals surface area contributed by atoms with Crippen molar-refractivity contribution >= 4 is 5.97 Å². The molecule has 0 atom stereocenters. The molecular formula is C27H31FN2O2. The van der Waals surface area contributed by atoms with Gasteiger partial charge in [0.05, 0.1) is 17.6 Å². The van der Waals surface area contributed by atoms with E-state index in [4.69, 9.17) is 15.3 Å². The van der Waals surface area contributed by atoms with E-state index in [0.29, 0.717) is 17.4 Å². The molecule has 2 fully saturated rings. The second-order valence-corrected chi connectivity index (χ2v) is 8.99. The Hall–Kier alpha value is -2.92. The normalized spacial score (nSPS) is 26.3. The number of esters is 1. The van der Waals surface area contributed by atoms with Gasteiger partial charge in [0.1, 0.15) is 12.2 Å². The minimum atomic E-state index is -0.772. The van der Waals surface area contributed by atoms with Crippen molar-refractivity contribution in [1.82, 2.24) is 0 Å². The number of nitrogens with zero attached hydrogens (tertiary/aromatic N) is 2. The third-order valence-corrected chi connectivity index (χ3v) is 6.88. The summed E-state index contributed by atoms with van der Waals surface area (Å²) in [5.74, 6) is 0.284. The first kappa shape index (κ1) is 23.7. The fourth-order valence-corrected chi connectivity index (χ4v) is 4.91. The van der Waals surface area contributed by atoms with Crippen LogP contribution in [0.5, 0.6) is 0 Å². The molecule has 3 rings (SSSR count). The highest BCUT2D eigenvalue weighted by Crippen LogP contribution is 2.37. The van der Waals surface area contributed by atoms with Crippen LogP contribution in [-0.4, -0.2) is 12.1 Å². The van der Waals surface area contributed by atoms with Gasteiger partial charge in [0, 0.05) is 0 Å². The molecule has 5 heteroatoms. The van der Waals surface area contributed by atoms with Gasteiger partial charge >= 0.3 is 5.97 Å². The number of benzene rings is 1. The van der Waals surface area contributed by atoms with Gasteiger partial charge in [0.15, 0.2) is 5.83 Å². The molecule has 0 amide bonds. The summed E-state index contributed by atoms with van der Waals surface area (Å²) in [4.78, 5) is 12.7. The maximum Gasteiger partial charge on any atom is 0.309 e. The number of hydrogen-bond donors (Lipinski definition) is 0. The van der Waals surface area contributed by atoms with Crippen molar-refractivity contribution in [2.75, 3.05) is 0 Å². The molecule has 1 aromatic rings. The first-order chi connectivity index (χ1) is 15.6. The van der Waals surface area contributed by atoms with Gasteiger partial charge in [-0.2, -0.15) is 14.9 Å². The van der Waals surface area contributed by atoms with Crippen LogP contribution in [0.4, 0.5) is 4.39 Å². The molecule has 0 N–H and O–H groups in total. The van der Waals surface area contributed by atoms with Crippen LogP contribution >= 0.6 is 0 Å². The highest BCUT2D eigenvalue weighted by atomic mass is 19.1. The molecular weight excluding hydrogens is 403 g/mol. The lowest BCUT2D eigenvalue weighted by Crippen LogP contribution is -2.29. The zero-order valence-electron chi connectivity index (χ0n) is 18.5. The predicted molar refractivity (Wildman–Crippen MR) is 121 cm³/mol. The molecule has 32 heavy (non-hydrogen) atoms. The molecule has 2 aliphatic rings. The molecule has 0 aliphatic heterocycles. The minimum Gasteiger partial charge on any atom is -0.462 e. The lowest BCUT2D eigenvalue weighted by atomic mass is 9.78. The standard InChI is InChI=1S/C27H31FN2O2/c28-25(19-30)5-3-1-2-4-20-8-16-26(17-9-20)32-27(31)24-14-12-23(13-15-24)22-10-6-21(18-29)7-11-22/h1,3,5-7,10-11,20,23-24,26H,2,4,8-9,12-17H2/b3-1+,25-5?. The summed E-state index contributed by atoms with van der Waals surface area (Å²) in [5.41, 5.74) is 1.94. The van der Waals surface area contributed by atoms with Crippen molar-refractivity contribution in [2.45, 2.75) is 76.2 Å². The molecule has 0 saturated heterocycles. The molecule has 0 heterocycles. The minimum absolute atomic E-state index is 0.00866. The van der Waals surface area contributed by atoms with Crippen LogP contribution in [0.2, 0.25) is 0 Å². The highest BCUT2D eigenvalue weighted by molar-refractivity contribution is 5.72. The van der Waals surface area contributed by atoms with Gasteiger partial charge in [-0.05, 0) is 99.8 Å². The van der Waals surface area contributed by atoms with Crippen LogP contribution in [0.25, 0.3) is 0 Å². The maximum absolute atomic E-state index is 12.7. The summed E-state index contributed by atoms with van der Waals surface area (Å²) in [6.45, 7) is 0. The number of nitriles is 2. The fraction of sp³-hybridized carbons (Fsp3) is 0.519. The van der Waals surface area contributed by atoms with E-state index in [-0.39, 0.29) is 18.0 Å². The van der Waals surface area contributed by atoms with Crippen molar-refractivity contribution in [3.8, 4) is 12.1 Å². The van der Waals surface area contributed by atoms with E-state index in [1.54, 1.807) is 6.08 Å². The summed E-state index contributed by atoms with van der Waals surface area (Å²) in [5, 5.41) is 17.3. The Morgan fingerprint density at radius 1 is 1.03 bits per heavy atom. The highest BCUT2D eigenvalue weighted by Gasteiger charge is 2.31. The second-order valence-electron chi connectivity index (χ2n) is 8.99. The number of ether oxygens (including phenoxy) is 1. The number of hydrogen-bond acceptors (Lipinski definition) is 4. The van der Waals surface area contributed by atoms with Crippen LogP contribution in [0.15, 0.2) is 48.3 Å². The molecule has 1 aromatic carbocycles. The number of carbonyl (C=O) groups is 1. The monoisotopic (exact) mass is 434 g/mol. The summed E-state index contributed by atoms with van der Waals surface area (Å²) >= 11 is 0. The van der Waals surface area contributed by atoms with E-state index in [9.17, 15) is 9.18 Å². The van der Waals surface area contributed by atoms with Crippen molar-refractivity contribution in [1.29, 1.82) is 10.5 Å². The first-order valence-corrected chi connectivity index (χ1v) is 11.7. The van der Waals surface area contributed by atoms with Gasteiger partial charge in [-0.1, -0.05) is 24.3 Å². The SMILES string of the molecule is N#CC(F)=C/C=C/CCC1CCC(OC(=O)C2CCC(c3ccc(C#N)cc3)CC2)CC1. The number of carbonyl (C=O) groups excluding carboxylic acids is 1. The summed E-state index contributed by atoms with van der Waals surface area (Å²) in [7, 11) is 0. The van der Waals surface area contributed by atoms with Crippen LogP contribution in [0.1, 0.15) is 81.3 Å². The lowest BCUT2D eigenvalue weighted by molar-refractivity contribution is -0.157. The first-order valence-electron chi connectivity index (χ1n) is 11.7. The van der Waals surface area contributed by atoms with Crippen molar-refractivity contribution in [3.63, 3.8) is 0 Å². The number of allylic oxidation sites excluding steroid dienone is 4. The molecule has 168 valence electrons. The Morgan fingerprint density at radius 3 is 2.34 bits per heavy atom. The average Bonchev–Trinajstić information content (AvgIpc) is 2.84. The van der Waals surface area contributed by atoms with Crippen molar-refractivity contribution in [2.24, 2.45) is 11.8 Å². The molecule has 4 nitrogen and oxygen atoms in total. The van der Waals surface area contributed by atoms with Crippen LogP contribution in [0, 0.1) is 34.5 Å². The molecule has 2 aliphatic carbocycles. The average molecular weight is 435 g/mol. The number of halogens is 1. The number of rotatable bonds is 7. The molecule has 2 saturated carbocycles. The maximum atomic E-state index is 12.7. The Morgan fingerprint density at radius 2 is 1.72 bits per heavy atom. The van der Waals surface area contributed by atoms with E-state index in [1.165, 1.54) is 17.7 Å². The summed E-state index contributed by atoms with van der Waals surface area (Å²) in [6.07, 6.45) is 14.3. The summed E-state index contributed by atoms with van der Waals surface area (Å²) in [6, 6.07) is 11.4. The zero-order valence-corrected chi connectivity index (χ0v) is 18.5. The van der Waals surface area contributed by atoms with E-state index in [0.717, 1.165) is 64.2 Å². The summed E-state index contributed by atoms with van der Waals surface area (Å²) < 4.78 is 18.6.